The van der Waals surface area contributed by atoms with Crippen molar-refractivity contribution in [1.29, 1.82) is 0 Å². The number of carbonyl (C=O) groups excluding carboxylic acids is 1. The predicted octanol–water partition coefficient (Wildman–Crippen LogP) is 4.68. The van der Waals surface area contributed by atoms with Crippen LogP contribution in [0.2, 0.25) is 0 Å². The Labute approximate surface area is 170 Å². The molecule has 2 heterocycles. The van der Waals surface area contributed by atoms with Crippen molar-refractivity contribution >= 4 is 16.8 Å². The monoisotopic (exact) mass is 392 g/mol. The maximum atomic E-state index is 13.4. The average molecular weight is 392 g/mol. The summed E-state index contributed by atoms with van der Waals surface area (Å²) in [6.45, 7) is 3.14. The predicted molar refractivity (Wildman–Crippen MR) is 111 cm³/mol. The fourth-order valence-electron chi connectivity index (χ4n) is 3.85. The molecule has 5 heteroatoms. The second-order valence-corrected chi connectivity index (χ2v) is 7.61. The molecule has 4 nitrogen and oxygen atoms in total. The highest BCUT2D eigenvalue weighted by atomic mass is 19.1. The minimum absolute atomic E-state index is 0.0893. The molecule has 1 aliphatic heterocycles. The first-order valence-corrected chi connectivity index (χ1v) is 10.1. The van der Waals surface area contributed by atoms with Crippen molar-refractivity contribution in [3.8, 4) is 5.75 Å². The molecule has 3 aromatic rings. The molecule has 1 aliphatic rings. The Bertz CT molecular complexity index is 1010. The van der Waals surface area contributed by atoms with Crippen molar-refractivity contribution in [3.63, 3.8) is 0 Å². The quantitative estimate of drug-likeness (QED) is 0.633. The molecule has 1 fully saturated rings. The van der Waals surface area contributed by atoms with Gasteiger partial charge in [-0.3, -0.25) is 9.78 Å². The summed E-state index contributed by atoms with van der Waals surface area (Å²) in [5.41, 5.74) is 2.50. The van der Waals surface area contributed by atoms with E-state index >= 15 is 0 Å². The molecule has 150 valence electrons. The third-order valence-electron chi connectivity index (χ3n) is 5.53. The fraction of sp³-hybridized carbons (Fsp3) is 0.333. The van der Waals surface area contributed by atoms with Crippen LogP contribution in [0.25, 0.3) is 10.9 Å². The van der Waals surface area contributed by atoms with Crippen LogP contribution in [0.1, 0.15) is 30.4 Å². The molecule has 29 heavy (non-hydrogen) atoms. The molecule has 0 N–H and O–H groups in total. The highest BCUT2D eigenvalue weighted by Crippen LogP contribution is 2.26. The maximum absolute atomic E-state index is 13.4. The molecule has 1 amide bonds. The van der Waals surface area contributed by atoms with E-state index in [4.69, 9.17) is 4.74 Å². The first-order valence-electron chi connectivity index (χ1n) is 10.1. The lowest BCUT2D eigenvalue weighted by Crippen LogP contribution is -2.41. The van der Waals surface area contributed by atoms with Gasteiger partial charge >= 0.3 is 0 Å². The van der Waals surface area contributed by atoms with Crippen molar-refractivity contribution in [1.82, 2.24) is 9.88 Å². The van der Waals surface area contributed by atoms with Gasteiger partial charge in [-0.05, 0) is 42.7 Å². The van der Waals surface area contributed by atoms with Gasteiger partial charge in [0.2, 0.25) is 5.91 Å². The number of hydrogen-bond acceptors (Lipinski definition) is 3. The topological polar surface area (TPSA) is 42.4 Å². The number of benzene rings is 2. The van der Waals surface area contributed by atoms with Crippen LogP contribution in [0, 0.1) is 12.7 Å². The molecule has 2 aromatic carbocycles. The van der Waals surface area contributed by atoms with Gasteiger partial charge in [0, 0.05) is 43.9 Å². The Hall–Kier alpha value is -2.95. The highest BCUT2D eigenvalue weighted by Gasteiger charge is 2.24. The number of para-hydroxylation sites is 1. The summed E-state index contributed by atoms with van der Waals surface area (Å²) in [7, 11) is 0. The number of pyridine rings is 1. The van der Waals surface area contributed by atoms with Crippen molar-refractivity contribution in [3.05, 3.63) is 71.7 Å². The second kappa shape index (κ2) is 8.60. The number of aryl methyl sites for hydroxylation is 2. The van der Waals surface area contributed by atoms with Crippen LogP contribution < -0.4 is 4.74 Å². The molecular formula is C24H25FN2O2. The summed E-state index contributed by atoms with van der Waals surface area (Å²) in [5, 5.41) is 1.06. The van der Waals surface area contributed by atoms with Crippen molar-refractivity contribution < 1.29 is 13.9 Å². The summed E-state index contributed by atoms with van der Waals surface area (Å²) in [5.74, 6) is 0.750. The molecule has 0 spiro atoms. The van der Waals surface area contributed by atoms with Crippen LogP contribution in [0.3, 0.4) is 0 Å². The number of amides is 1. The molecule has 1 aromatic heterocycles. The molecule has 0 unspecified atom stereocenters. The van der Waals surface area contributed by atoms with Crippen LogP contribution in [0.5, 0.6) is 5.75 Å². The minimum Gasteiger partial charge on any atom is -0.488 e. The zero-order chi connectivity index (χ0) is 20.2. The molecule has 0 aliphatic carbocycles. The Morgan fingerprint density at radius 3 is 2.76 bits per heavy atom. The molecular weight excluding hydrogens is 367 g/mol. The van der Waals surface area contributed by atoms with E-state index in [0.717, 1.165) is 35.1 Å². The van der Waals surface area contributed by atoms with Crippen LogP contribution in [-0.2, 0) is 11.2 Å². The van der Waals surface area contributed by atoms with Gasteiger partial charge in [0.05, 0.1) is 0 Å². The van der Waals surface area contributed by atoms with Crippen LogP contribution in [0.15, 0.2) is 54.7 Å². The zero-order valence-electron chi connectivity index (χ0n) is 16.6. The standard InChI is InChI=1S/C24H25FN2O2/c1-17-16-18(7-9-21(17)25)8-10-23(28)27-14-11-20(12-15-27)29-22-6-2-4-19-5-3-13-26-24(19)22/h2-7,9,13,16,20H,8,10-12,14-15H2,1H3. The number of aromatic nitrogens is 1. The van der Waals surface area contributed by atoms with Gasteiger partial charge in [0.15, 0.2) is 0 Å². The third kappa shape index (κ3) is 4.56. The Morgan fingerprint density at radius 1 is 1.17 bits per heavy atom. The molecule has 1 saturated heterocycles. The lowest BCUT2D eigenvalue weighted by molar-refractivity contribution is -0.132. The van der Waals surface area contributed by atoms with Crippen molar-refractivity contribution in [2.45, 2.75) is 38.7 Å². The maximum Gasteiger partial charge on any atom is 0.222 e. The van der Waals surface area contributed by atoms with Gasteiger partial charge in [-0.1, -0.05) is 30.3 Å². The number of carbonyl (C=O) groups is 1. The number of likely N-dealkylation sites (tertiary alicyclic amines) is 1. The number of fused-ring (bicyclic) bond motifs is 1. The summed E-state index contributed by atoms with van der Waals surface area (Å²) < 4.78 is 19.6. The van der Waals surface area contributed by atoms with Gasteiger partial charge in [-0.15, -0.1) is 0 Å². The molecule has 0 saturated carbocycles. The van der Waals surface area contributed by atoms with E-state index in [-0.39, 0.29) is 17.8 Å². The Kier molecular flexibility index (Phi) is 5.74. The summed E-state index contributed by atoms with van der Waals surface area (Å²) in [6.07, 6.45) is 4.57. The van der Waals surface area contributed by atoms with Gasteiger partial charge in [-0.2, -0.15) is 0 Å². The van der Waals surface area contributed by atoms with E-state index in [2.05, 4.69) is 4.98 Å². The average Bonchev–Trinajstić information content (AvgIpc) is 2.75. The normalized spacial score (nSPS) is 14.9. The Morgan fingerprint density at radius 2 is 1.97 bits per heavy atom. The first-order chi connectivity index (χ1) is 14.1. The highest BCUT2D eigenvalue weighted by molar-refractivity contribution is 5.84. The van der Waals surface area contributed by atoms with E-state index in [9.17, 15) is 9.18 Å². The van der Waals surface area contributed by atoms with E-state index < -0.39 is 0 Å². The van der Waals surface area contributed by atoms with E-state index in [1.807, 2.05) is 41.3 Å². The second-order valence-electron chi connectivity index (χ2n) is 7.61. The van der Waals surface area contributed by atoms with Crippen LogP contribution >= 0.6 is 0 Å². The lowest BCUT2D eigenvalue weighted by Gasteiger charge is -2.32. The molecule has 0 radical (unpaired) electrons. The largest absolute Gasteiger partial charge is 0.488 e. The number of rotatable bonds is 5. The van der Waals surface area contributed by atoms with E-state index in [1.54, 1.807) is 19.2 Å². The smallest absolute Gasteiger partial charge is 0.222 e. The van der Waals surface area contributed by atoms with Crippen LogP contribution in [0.4, 0.5) is 4.39 Å². The first kappa shape index (κ1) is 19.4. The number of piperidine rings is 1. The summed E-state index contributed by atoms with van der Waals surface area (Å²) in [6, 6.07) is 15.0. The van der Waals surface area contributed by atoms with Gasteiger partial charge < -0.3 is 9.64 Å². The van der Waals surface area contributed by atoms with E-state index in [0.29, 0.717) is 31.5 Å². The SMILES string of the molecule is Cc1cc(CCC(=O)N2CCC(Oc3cccc4cccnc34)CC2)ccc1F. The summed E-state index contributed by atoms with van der Waals surface area (Å²) >= 11 is 0. The summed E-state index contributed by atoms with van der Waals surface area (Å²) in [4.78, 5) is 18.9. The number of halogens is 1. The molecule has 0 bridgehead atoms. The Balaban J connectivity index is 1.29. The van der Waals surface area contributed by atoms with Gasteiger partial charge in [-0.25, -0.2) is 4.39 Å². The third-order valence-corrected chi connectivity index (χ3v) is 5.53. The van der Waals surface area contributed by atoms with Gasteiger partial charge in [0.1, 0.15) is 23.2 Å². The zero-order valence-corrected chi connectivity index (χ0v) is 16.6. The van der Waals surface area contributed by atoms with Crippen molar-refractivity contribution in [2.75, 3.05) is 13.1 Å². The van der Waals surface area contributed by atoms with Crippen LogP contribution in [-0.4, -0.2) is 35.0 Å². The number of ether oxygens (including phenoxy) is 1. The molecule has 4 rings (SSSR count). The molecule has 0 atom stereocenters. The lowest BCUT2D eigenvalue weighted by atomic mass is 10.0. The fourth-order valence-corrected chi connectivity index (χ4v) is 3.85. The van der Waals surface area contributed by atoms with E-state index in [1.165, 1.54) is 6.07 Å². The minimum atomic E-state index is -0.205. The van der Waals surface area contributed by atoms with Gasteiger partial charge in [0.25, 0.3) is 0 Å². The number of nitrogens with zero attached hydrogens (tertiary/aromatic N) is 2. The number of hydrogen-bond donors (Lipinski definition) is 0. The van der Waals surface area contributed by atoms with Crippen molar-refractivity contribution in [2.24, 2.45) is 0 Å².